The third-order valence-electron chi connectivity index (χ3n) is 2.44. The molecular weight excluding hydrogens is 224 g/mol. The molecule has 4 heteroatoms. The van der Waals surface area contributed by atoms with E-state index in [-0.39, 0.29) is 0 Å². The fourth-order valence-corrected chi connectivity index (χ4v) is 2.88. The number of thiophene rings is 1. The van der Waals surface area contributed by atoms with E-state index < -0.39 is 0 Å². The first kappa shape index (κ1) is 10.8. The van der Waals surface area contributed by atoms with Gasteiger partial charge in [-0.25, -0.2) is 0 Å². The Bertz CT molecular complexity index is 406. The SMILES string of the molecule is Cc1cscc1CNC(C)c1cncs1. The summed E-state index contributed by atoms with van der Waals surface area (Å²) in [5.74, 6) is 0. The van der Waals surface area contributed by atoms with E-state index in [4.69, 9.17) is 0 Å². The van der Waals surface area contributed by atoms with Gasteiger partial charge in [-0.3, -0.25) is 4.98 Å². The van der Waals surface area contributed by atoms with E-state index in [1.807, 2.05) is 11.7 Å². The van der Waals surface area contributed by atoms with Gasteiger partial charge in [0, 0.05) is 23.7 Å². The van der Waals surface area contributed by atoms with E-state index in [0.29, 0.717) is 6.04 Å². The van der Waals surface area contributed by atoms with Crippen LogP contribution >= 0.6 is 22.7 Å². The maximum Gasteiger partial charge on any atom is 0.0794 e. The van der Waals surface area contributed by atoms with Crippen molar-refractivity contribution in [2.45, 2.75) is 26.4 Å². The molecule has 0 bridgehead atoms. The van der Waals surface area contributed by atoms with Crippen LogP contribution in [0.3, 0.4) is 0 Å². The molecule has 1 N–H and O–H groups in total. The number of aromatic nitrogens is 1. The molecule has 0 amide bonds. The largest absolute Gasteiger partial charge is 0.305 e. The minimum absolute atomic E-state index is 0.386. The number of nitrogens with zero attached hydrogens (tertiary/aromatic N) is 1. The molecule has 0 saturated heterocycles. The molecule has 2 aromatic rings. The third kappa shape index (κ3) is 2.65. The van der Waals surface area contributed by atoms with E-state index in [9.17, 15) is 0 Å². The Kier molecular flexibility index (Phi) is 3.51. The lowest BCUT2D eigenvalue weighted by Crippen LogP contribution is -2.17. The lowest BCUT2D eigenvalue weighted by Gasteiger charge is -2.11. The van der Waals surface area contributed by atoms with Gasteiger partial charge in [-0.1, -0.05) is 0 Å². The number of nitrogens with one attached hydrogen (secondary N) is 1. The quantitative estimate of drug-likeness (QED) is 0.883. The Morgan fingerprint density at radius 3 is 2.93 bits per heavy atom. The summed E-state index contributed by atoms with van der Waals surface area (Å²) in [5.41, 5.74) is 4.66. The van der Waals surface area contributed by atoms with Gasteiger partial charge in [-0.2, -0.15) is 11.3 Å². The predicted octanol–water partition coefficient (Wildman–Crippen LogP) is 3.36. The number of hydrogen-bond acceptors (Lipinski definition) is 4. The van der Waals surface area contributed by atoms with Crippen molar-refractivity contribution >= 4 is 22.7 Å². The fraction of sp³-hybridized carbons (Fsp3) is 0.364. The van der Waals surface area contributed by atoms with E-state index in [1.54, 1.807) is 22.7 Å². The van der Waals surface area contributed by atoms with Crippen molar-refractivity contribution in [3.05, 3.63) is 38.5 Å². The minimum atomic E-state index is 0.386. The summed E-state index contributed by atoms with van der Waals surface area (Å²) in [6.07, 6.45) is 1.93. The van der Waals surface area contributed by atoms with E-state index in [0.717, 1.165) is 6.54 Å². The second kappa shape index (κ2) is 4.88. The van der Waals surface area contributed by atoms with Crippen LogP contribution in [0.2, 0.25) is 0 Å². The molecule has 0 saturated carbocycles. The summed E-state index contributed by atoms with van der Waals surface area (Å²) in [4.78, 5) is 5.38. The molecule has 0 spiro atoms. The smallest absolute Gasteiger partial charge is 0.0794 e. The zero-order valence-electron chi connectivity index (χ0n) is 8.86. The molecule has 0 aromatic carbocycles. The van der Waals surface area contributed by atoms with Gasteiger partial charge in [-0.05, 0) is 35.7 Å². The molecular formula is C11H14N2S2. The molecule has 1 unspecified atom stereocenters. The van der Waals surface area contributed by atoms with Crippen LogP contribution in [-0.2, 0) is 6.54 Å². The molecule has 0 aliphatic rings. The van der Waals surface area contributed by atoms with E-state index >= 15 is 0 Å². The van der Waals surface area contributed by atoms with Crippen molar-refractivity contribution in [3.8, 4) is 0 Å². The van der Waals surface area contributed by atoms with Gasteiger partial charge in [0.15, 0.2) is 0 Å². The highest BCUT2D eigenvalue weighted by Crippen LogP contribution is 2.18. The van der Waals surface area contributed by atoms with Crippen LogP contribution in [0, 0.1) is 6.92 Å². The molecule has 2 heterocycles. The molecule has 0 fully saturated rings. The molecule has 2 nitrogen and oxygen atoms in total. The zero-order chi connectivity index (χ0) is 10.7. The topological polar surface area (TPSA) is 24.9 Å². The maximum atomic E-state index is 4.09. The maximum absolute atomic E-state index is 4.09. The minimum Gasteiger partial charge on any atom is -0.305 e. The highest BCUT2D eigenvalue weighted by Gasteiger charge is 2.07. The van der Waals surface area contributed by atoms with E-state index in [2.05, 4.69) is 34.9 Å². The molecule has 15 heavy (non-hydrogen) atoms. The summed E-state index contributed by atoms with van der Waals surface area (Å²) >= 11 is 3.47. The van der Waals surface area contributed by atoms with Crippen LogP contribution in [0.25, 0.3) is 0 Å². The molecule has 0 aliphatic carbocycles. The molecule has 1 atom stereocenters. The first-order valence-electron chi connectivity index (χ1n) is 4.91. The molecule has 2 rings (SSSR count). The predicted molar refractivity (Wildman–Crippen MR) is 66.4 cm³/mol. The van der Waals surface area contributed by atoms with Crippen LogP contribution in [0.1, 0.15) is 29.0 Å². The van der Waals surface area contributed by atoms with Crippen LogP contribution in [0.5, 0.6) is 0 Å². The van der Waals surface area contributed by atoms with Crippen LogP contribution < -0.4 is 5.32 Å². The Morgan fingerprint density at radius 1 is 1.47 bits per heavy atom. The summed E-state index contributed by atoms with van der Waals surface area (Å²) < 4.78 is 0. The average Bonchev–Trinajstić information content (AvgIpc) is 2.85. The lowest BCUT2D eigenvalue weighted by atomic mass is 10.2. The number of rotatable bonds is 4. The van der Waals surface area contributed by atoms with Gasteiger partial charge in [0.05, 0.1) is 5.51 Å². The summed E-state index contributed by atoms with van der Waals surface area (Å²) in [7, 11) is 0. The highest BCUT2D eigenvalue weighted by atomic mass is 32.1. The van der Waals surface area contributed by atoms with Crippen molar-refractivity contribution in [2.75, 3.05) is 0 Å². The fourth-order valence-electron chi connectivity index (χ4n) is 1.37. The normalized spacial score (nSPS) is 12.9. The average molecular weight is 238 g/mol. The summed E-state index contributed by atoms with van der Waals surface area (Å²) in [5, 5.41) is 7.90. The van der Waals surface area contributed by atoms with Gasteiger partial charge in [0.2, 0.25) is 0 Å². The highest BCUT2D eigenvalue weighted by molar-refractivity contribution is 7.09. The van der Waals surface area contributed by atoms with Crippen molar-refractivity contribution < 1.29 is 0 Å². The second-order valence-electron chi connectivity index (χ2n) is 3.59. The molecule has 2 aromatic heterocycles. The Labute approximate surface area is 98.0 Å². The number of hydrogen-bond donors (Lipinski definition) is 1. The van der Waals surface area contributed by atoms with Gasteiger partial charge in [-0.15, -0.1) is 11.3 Å². The van der Waals surface area contributed by atoms with Crippen LogP contribution in [0.4, 0.5) is 0 Å². The van der Waals surface area contributed by atoms with Crippen molar-refractivity contribution in [2.24, 2.45) is 0 Å². The monoisotopic (exact) mass is 238 g/mol. The number of aryl methyl sites for hydroxylation is 1. The van der Waals surface area contributed by atoms with Crippen molar-refractivity contribution in [1.82, 2.24) is 10.3 Å². The van der Waals surface area contributed by atoms with Crippen LogP contribution in [-0.4, -0.2) is 4.98 Å². The molecule has 0 aliphatic heterocycles. The van der Waals surface area contributed by atoms with Crippen molar-refractivity contribution in [3.63, 3.8) is 0 Å². The third-order valence-corrected chi connectivity index (χ3v) is 4.31. The van der Waals surface area contributed by atoms with E-state index in [1.165, 1.54) is 16.0 Å². The molecule has 0 radical (unpaired) electrons. The lowest BCUT2D eigenvalue weighted by molar-refractivity contribution is 0.581. The first-order chi connectivity index (χ1) is 7.27. The van der Waals surface area contributed by atoms with Gasteiger partial charge >= 0.3 is 0 Å². The summed E-state index contributed by atoms with van der Waals surface area (Å²) in [6.45, 7) is 5.27. The summed E-state index contributed by atoms with van der Waals surface area (Å²) in [6, 6.07) is 0.386. The molecule has 80 valence electrons. The Balaban J connectivity index is 1.91. The zero-order valence-corrected chi connectivity index (χ0v) is 10.5. The van der Waals surface area contributed by atoms with Gasteiger partial charge in [0.1, 0.15) is 0 Å². The first-order valence-corrected chi connectivity index (χ1v) is 6.73. The van der Waals surface area contributed by atoms with Gasteiger partial charge < -0.3 is 5.32 Å². The van der Waals surface area contributed by atoms with Crippen LogP contribution in [0.15, 0.2) is 22.5 Å². The Morgan fingerprint density at radius 2 is 2.33 bits per heavy atom. The standard InChI is InChI=1S/C11H14N2S2/c1-8-5-14-6-10(8)3-13-9(2)11-4-12-7-15-11/h4-7,9,13H,3H2,1-2H3. The Hall–Kier alpha value is -0.710. The van der Waals surface area contributed by atoms with Crippen molar-refractivity contribution in [1.29, 1.82) is 0 Å². The van der Waals surface area contributed by atoms with Gasteiger partial charge in [0.25, 0.3) is 0 Å². The second-order valence-corrected chi connectivity index (χ2v) is 5.25. The number of thiazole rings is 1.